The third-order valence-electron chi connectivity index (χ3n) is 6.47. The molecule has 2 atom stereocenters. The maximum atomic E-state index is 2.74. The molecule has 0 aromatic heterocycles. The Hall–Kier alpha value is -0.120. The number of likely N-dealkylation sites (N-methyl/N-ethyl adjacent to an activating group) is 2. The van der Waals surface area contributed by atoms with E-state index >= 15 is 0 Å². The van der Waals surface area contributed by atoms with Gasteiger partial charge < -0.3 is 4.90 Å². The van der Waals surface area contributed by atoms with Gasteiger partial charge in [-0.3, -0.25) is 9.80 Å². The molecule has 1 aliphatic heterocycles. The molecule has 3 aliphatic rings. The van der Waals surface area contributed by atoms with E-state index < -0.39 is 0 Å². The van der Waals surface area contributed by atoms with Crippen molar-refractivity contribution in [3.8, 4) is 0 Å². The van der Waals surface area contributed by atoms with Crippen molar-refractivity contribution in [2.24, 2.45) is 5.92 Å². The van der Waals surface area contributed by atoms with Crippen LogP contribution >= 0.6 is 0 Å². The Kier molecular flexibility index (Phi) is 4.40. The fraction of sp³-hybridized carbons (Fsp3) is 1.00. The smallest absolute Gasteiger partial charge is 0.0652 e. The van der Waals surface area contributed by atoms with Crippen LogP contribution in [0, 0.1) is 5.92 Å². The Bertz CT molecular complexity index is 304. The molecule has 2 saturated carbocycles. The summed E-state index contributed by atoms with van der Waals surface area (Å²) in [6, 6.07) is 2.50. The second kappa shape index (κ2) is 5.94. The summed E-state index contributed by atoms with van der Waals surface area (Å²) < 4.78 is 0. The molecule has 3 nitrogen and oxygen atoms in total. The maximum absolute atomic E-state index is 2.74. The monoisotopic (exact) mass is 279 g/mol. The summed E-state index contributed by atoms with van der Waals surface area (Å²) in [5.41, 5.74) is 0. The van der Waals surface area contributed by atoms with Crippen molar-refractivity contribution in [1.29, 1.82) is 0 Å². The maximum Gasteiger partial charge on any atom is 0.0652 e. The van der Waals surface area contributed by atoms with Crippen LogP contribution in [0.5, 0.6) is 0 Å². The third kappa shape index (κ3) is 2.53. The zero-order valence-electron chi connectivity index (χ0n) is 13.9. The molecule has 0 spiro atoms. The molecule has 0 bridgehead atoms. The van der Waals surface area contributed by atoms with Gasteiger partial charge in [-0.05, 0) is 72.6 Å². The first-order chi connectivity index (χ1) is 9.59. The van der Waals surface area contributed by atoms with Gasteiger partial charge in [0.2, 0.25) is 0 Å². The largest absolute Gasteiger partial charge is 0.306 e. The molecular formula is C17H33N3. The van der Waals surface area contributed by atoms with E-state index in [1.165, 1.54) is 51.4 Å². The molecule has 0 radical (unpaired) electrons. The first-order valence-electron chi connectivity index (χ1n) is 8.70. The topological polar surface area (TPSA) is 9.72 Å². The molecule has 2 aliphatic carbocycles. The van der Waals surface area contributed by atoms with Crippen molar-refractivity contribution in [3.05, 3.63) is 0 Å². The second-order valence-electron chi connectivity index (χ2n) is 7.70. The van der Waals surface area contributed by atoms with Crippen molar-refractivity contribution < 1.29 is 0 Å². The molecule has 0 aromatic carbocycles. The van der Waals surface area contributed by atoms with Crippen LogP contribution in [-0.2, 0) is 0 Å². The lowest BCUT2D eigenvalue weighted by atomic mass is 9.83. The van der Waals surface area contributed by atoms with Crippen LogP contribution in [-0.4, -0.2) is 67.2 Å². The third-order valence-corrected chi connectivity index (χ3v) is 6.47. The molecule has 1 heterocycles. The zero-order valence-corrected chi connectivity index (χ0v) is 13.9. The number of fused-ring (bicyclic) bond motifs is 1. The summed E-state index contributed by atoms with van der Waals surface area (Å²) in [4.78, 5) is 7.91. The van der Waals surface area contributed by atoms with Crippen molar-refractivity contribution in [2.45, 2.75) is 75.7 Å². The van der Waals surface area contributed by atoms with Gasteiger partial charge in [-0.25, -0.2) is 0 Å². The highest BCUT2D eigenvalue weighted by Crippen LogP contribution is 2.41. The fourth-order valence-corrected chi connectivity index (χ4v) is 5.30. The van der Waals surface area contributed by atoms with Gasteiger partial charge >= 0.3 is 0 Å². The highest BCUT2D eigenvalue weighted by atomic mass is 15.4. The minimum atomic E-state index is 0.714. The Balaban J connectivity index is 1.65. The van der Waals surface area contributed by atoms with E-state index in [4.69, 9.17) is 0 Å². The van der Waals surface area contributed by atoms with E-state index in [2.05, 4.69) is 42.9 Å². The lowest BCUT2D eigenvalue weighted by molar-refractivity contribution is 0.0589. The second-order valence-corrected chi connectivity index (χ2v) is 7.70. The van der Waals surface area contributed by atoms with Crippen LogP contribution < -0.4 is 0 Å². The minimum absolute atomic E-state index is 0.714. The molecule has 0 amide bonds. The van der Waals surface area contributed by atoms with Crippen molar-refractivity contribution in [3.63, 3.8) is 0 Å². The quantitative estimate of drug-likeness (QED) is 0.769. The molecular weight excluding hydrogens is 246 g/mol. The van der Waals surface area contributed by atoms with E-state index in [0.29, 0.717) is 6.17 Å². The van der Waals surface area contributed by atoms with Crippen molar-refractivity contribution >= 4 is 0 Å². The average Bonchev–Trinajstić information content (AvgIpc) is 2.72. The summed E-state index contributed by atoms with van der Waals surface area (Å²) in [5.74, 6) is 0.895. The van der Waals surface area contributed by atoms with Gasteiger partial charge in [0.05, 0.1) is 6.17 Å². The Morgan fingerprint density at radius 3 is 1.70 bits per heavy atom. The lowest BCUT2D eigenvalue weighted by Gasteiger charge is -2.40. The van der Waals surface area contributed by atoms with Crippen molar-refractivity contribution in [1.82, 2.24) is 14.7 Å². The molecule has 3 rings (SSSR count). The molecule has 0 N–H and O–H groups in total. The van der Waals surface area contributed by atoms with Gasteiger partial charge in [-0.2, -0.15) is 0 Å². The van der Waals surface area contributed by atoms with Crippen LogP contribution in [0.25, 0.3) is 0 Å². The molecule has 116 valence electrons. The van der Waals surface area contributed by atoms with Gasteiger partial charge in [-0.15, -0.1) is 0 Å². The number of nitrogens with zero attached hydrogens (tertiary/aromatic N) is 3. The summed E-state index contributed by atoms with van der Waals surface area (Å²) in [6.45, 7) is 0. The average molecular weight is 279 g/mol. The van der Waals surface area contributed by atoms with Gasteiger partial charge in [-0.1, -0.05) is 12.8 Å². The molecule has 3 fully saturated rings. The molecule has 3 heteroatoms. The van der Waals surface area contributed by atoms with Gasteiger partial charge in [0.15, 0.2) is 0 Å². The Morgan fingerprint density at radius 1 is 0.750 bits per heavy atom. The van der Waals surface area contributed by atoms with Crippen LogP contribution in [0.15, 0.2) is 0 Å². The van der Waals surface area contributed by atoms with Crippen LogP contribution in [0.1, 0.15) is 51.4 Å². The summed E-state index contributed by atoms with van der Waals surface area (Å²) in [6.07, 6.45) is 12.1. The van der Waals surface area contributed by atoms with E-state index in [-0.39, 0.29) is 0 Å². The highest BCUT2D eigenvalue weighted by Gasteiger charge is 2.47. The number of hydrogen-bond acceptors (Lipinski definition) is 3. The molecule has 0 aromatic rings. The molecule has 2 unspecified atom stereocenters. The predicted octanol–water partition coefficient (Wildman–Crippen LogP) is 2.62. The van der Waals surface area contributed by atoms with Gasteiger partial charge in [0, 0.05) is 18.1 Å². The van der Waals surface area contributed by atoms with E-state index in [1.54, 1.807) is 0 Å². The minimum Gasteiger partial charge on any atom is -0.306 e. The standard InChI is InChI=1S/C17H33N3/c1-18(2)14-11-9-13(10-12-14)17-19(3)15-7-5-6-8-16(15)20(17)4/h13-17H,5-12H2,1-4H3. The highest BCUT2D eigenvalue weighted by molar-refractivity contribution is 5.00. The van der Waals surface area contributed by atoms with E-state index in [1.807, 2.05) is 0 Å². The molecule has 20 heavy (non-hydrogen) atoms. The van der Waals surface area contributed by atoms with Crippen LogP contribution in [0.3, 0.4) is 0 Å². The number of hydrogen-bond donors (Lipinski definition) is 0. The zero-order chi connectivity index (χ0) is 14.3. The molecule has 1 saturated heterocycles. The first kappa shape index (κ1) is 14.8. The van der Waals surface area contributed by atoms with Gasteiger partial charge in [0.1, 0.15) is 0 Å². The van der Waals surface area contributed by atoms with E-state index in [9.17, 15) is 0 Å². The fourth-order valence-electron chi connectivity index (χ4n) is 5.30. The Labute approximate surface area is 125 Å². The summed E-state index contributed by atoms with van der Waals surface area (Å²) in [5, 5.41) is 0. The first-order valence-corrected chi connectivity index (χ1v) is 8.70. The SMILES string of the molecule is CN(C)C1CCC(C2N(C)C3CCCCC3N2C)CC1. The normalized spacial score (nSPS) is 44.0. The van der Waals surface area contributed by atoms with Crippen LogP contribution in [0.4, 0.5) is 0 Å². The van der Waals surface area contributed by atoms with Gasteiger partial charge in [0.25, 0.3) is 0 Å². The summed E-state index contributed by atoms with van der Waals surface area (Å²) >= 11 is 0. The van der Waals surface area contributed by atoms with E-state index in [0.717, 1.165) is 24.0 Å². The summed E-state index contributed by atoms with van der Waals surface area (Å²) in [7, 11) is 9.28. The number of rotatable bonds is 2. The van der Waals surface area contributed by atoms with Crippen LogP contribution in [0.2, 0.25) is 0 Å². The predicted molar refractivity (Wildman–Crippen MR) is 84.8 cm³/mol. The lowest BCUT2D eigenvalue weighted by Crippen LogP contribution is -2.45. The van der Waals surface area contributed by atoms with Crippen molar-refractivity contribution in [2.75, 3.05) is 28.2 Å². The Morgan fingerprint density at radius 2 is 1.25 bits per heavy atom.